The lowest BCUT2D eigenvalue weighted by Gasteiger charge is -1.97. The highest BCUT2D eigenvalue weighted by Crippen LogP contribution is 2.25. The van der Waals surface area contributed by atoms with Crippen LogP contribution in [0.15, 0.2) is 36.8 Å². The number of pyridine rings is 1. The second kappa shape index (κ2) is 4.92. The van der Waals surface area contributed by atoms with Crippen molar-refractivity contribution in [1.82, 2.24) is 25.4 Å². The molecule has 90 valence electrons. The fourth-order valence-corrected chi connectivity index (χ4v) is 2.18. The molecular formula is C11H10N6S. The van der Waals surface area contributed by atoms with Crippen LogP contribution in [0.1, 0.15) is 5.69 Å². The minimum atomic E-state index is 0.654. The Kier molecular flexibility index (Phi) is 2.97. The summed E-state index contributed by atoms with van der Waals surface area (Å²) in [6.45, 7) is 0.654. The third-order valence-corrected chi connectivity index (χ3v) is 3.25. The van der Waals surface area contributed by atoms with E-state index in [1.165, 1.54) is 11.3 Å². The Hall–Kier alpha value is -2.28. The number of nitrogens with one attached hydrogen (secondary N) is 2. The van der Waals surface area contributed by atoms with Crippen molar-refractivity contribution < 1.29 is 0 Å². The topological polar surface area (TPSA) is 79.4 Å². The number of hydrogen-bond donors (Lipinski definition) is 2. The molecule has 2 N–H and O–H groups in total. The molecule has 6 nitrogen and oxygen atoms in total. The van der Waals surface area contributed by atoms with E-state index < -0.39 is 0 Å². The SMILES string of the molecule is c1cncc(-c2nnc(NCc3ccn[nH]3)s2)c1. The summed E-state index contributed by atoms with van der Waals surface area (Å²) < 4.78 is 0. The molecule has 3 aromatic heterocycles. The van der Waals surface area contributed by atoms with Gasteiger partial charge in [0.25, 0.3) is 0 Å². The summed E-state index contributed by atoms with van der Waals surface area (Å²) in [6.07, 6.45) is 5.24. The number of hydrogen-bond acceptors (Lipinski definition) is 6. The first-order valence-electron chi connectivity index (χ1n) is 5.38. The van der Waals surface area contributed by atoms with Gasteiger partial charge in [0, 0.05) is 24.2 Å². The van der Waals surface area contributed by atoms with Crippen molar-refractivity contribution in [2.24, 2.45) is 0 Å². The Morgan fingerprint density at radius 1 is 1.22 bits per heavy atom. The molecule has 0 aliphatic carbocycles. The molecule has 0 spiro atoms. The molecule has 7 heteroatoms. The van der Waals surface area contributed by atoms with Crippen molar-refractivity contribution in [3.8, 4) is 10.6 Å². The van der Waals surface area contributed by atoms with E-state index in [-0.39, 0.29) is 0 Å². The number of anilines is 1. The highest BCUT2D eigenvalue weighted by molar-refractivity contribution is 7.18. The first-order valence-corrected chi connectivity index (χ1v) is 6.19. The van der Waals surface area contributed by atoms with Gasteiger partial charge in [-0.1, -0.05) is 11.3 Å². The lowest BCUT2D eigenvalue weighted by atomic mass is 10.3. The third-order valence-electron chi connectivity index (χ3n) is 2.32. The van der Waals surface area contributed by atoms with E-state index in [0.717, 1.165) is 21.4 Å². The van der Waals surface area contributed by atoms with Crippen LogP contribution in [0.4, 0.5) is 5.13 Å². The molecule has 0 unspecified atom stereocenters. The van der Waals surface area contributed by atoms with Gasteiger partial charge in [-0.05, 0) is 18.2 Å². The van der Waals surface area contributed by atoms with Gasteiger partial charge < -0.3 is 5.32 Å². The Morgan fingerprint density at radius 3 is 3.00 bits per heavy atom. The van der Waals surface area contributed by atoms with Gasteiger partial charge in [0.15, 0.2) is 5.01 Å². The molecule has 0 saturated heterocycles. The monoisotopic (exact) mass is 258 g/mol. The van der Waals surface area contributed by atoms with Gasteiger partial charge in [-0.25, -0.2) is 0 Å². The van der Waals surface area contributed by atoms with Crippen LogP contribution < -0.4 is 5.32 Å². The van der Waals surface area contributed by atoms with Gasteiger partial charge in [0.2, 0.25) is 5.13 Å². The van der Waals surface area contributed by atoms with Crippen LogP contribution in [0.3, 0.4) is 0 Å². The molecule has 3 rings (SSSR count). The first kappa shape index (κ1) is 10.8. The van der Waals surface area contributed by atoms with Crippen molar-refractivity contribution in [2.45, 2.75) is 6.54 Å². The number of aromatic nitrogens is 5. The van der Waals surface area contributed by atoms with Gasteiger partial charge >= 0.3 is 0 Å². The van der Waals surface area contributed by atoms with Gasteiger partial charge in [0.1, 0.15) is 0 Å². The zero-order chi connectivity index (χ0) is 12.2. The van der Waals surface area contributed by atoms with E-state index >= 15 is 0 Å². The van der Waals surface area contributed by atoms with Gasteiger partial charge in [-0.15, -0.1) is 10.2 Å². The second-order valence-electron chi connectivity index (χ2n) is 3.59. The van der Waals surface area contributed by atoms with Gasteiger partial charge in [-0.3, -0.25) is 10.1 Å². The normalized spacial score (nSPS) is 10.4. The summed E-state index contributed by atoms with van der Waals surface area (Å²) in [7, 11) is 0. The summed E-state index contributed by atoms with van der Waals surface area (Å²) >= 11 is 1.50. The molecular weight excluding hydrogens is 248 g/mol. The Morgan fingerprint density at radius 2 is 2.22 bits per heavy atom. The minimum absolute atomic E-state index is 0.654. The van der Waals surface area contributed by atoms with Gasteiger partial charge in [0.05, 0.1) is 12.2 Å². The molecule has 0 aliphatic heterocycles. The fourth-order valence-electron chi connectivity index (χ4n) is 1.45. The fraction of sp³-hybridized carbons (Fsp3) is 0.0909. The van der Waals surface area contributed by atoms with E-state index in [4.69, 9.17) is 0 Å². The van der Waals surface area contributed by atoms with E-state index in [1.807, 2.05) is 18.2 Å². The van der Waals surface area contributed by atoms with Crippen LogP contribution in [-0.2, 0) is 6.54 Å². The van der Waals surface area contributed by atoms with Crippen molar-refractivity contribution in [3.05, 3.63) is 42.5 Å². The molecule has 3 heterocycles. The van der Waals surface area contributed by atoms with Crippen LogP contribution in [0.2, 0.25) is 0 Å². The summed E-state index contributed by atoms with van der Waals surface area (Å²) in [4.78, 5) is 4.06. The average molecular weight is 258 g/mol. The number of nitrogens with zero attached hydrogens (tertiary/aromatic N) is 4. The Bertz CT molecular complexity index is 604. The Balaban J connectivity index is 1.70. The molecule has 0 aliphatic rings. The maximum atomic E-state index is 4.13. The molecule has 18 heavy (non-hydrogen) atoms. The van der Waals surface area contributed by atoms with E-state index in [9.17, 15) is 0 Å². The van der Waals surface area contributed by atoms with Crippen LogP contribution in [0.25, 0.3) is 10.6 Å². The maximum absolute atomic E-state index is 4.13. The van der Waals surface area contributed by atoms with Crippen molar-refractivity contribution in [1.29, 1.82) is 0 Å². The minimum Gasteiger partial charge on any atom is -0.354 e. The Labute approximate surface area is 107 Å². The van der Waals surface area contributed by atoms with Crippen molar-refractivity contribution in [2.75, 3.05) is 5.32 Å². The highest BCUT2D eigenvalue weighted by Gasteiger charge is 2.06. The lowest BCUT2D eigenvalue weighted by Crippen LogP contribution is -1.99. The quantitative estimate of drug-likeness (QED) is 0.747. The average Bonchev–Trinajstić information content (AvgIpc) is 3.09. The summed E-state index contributed by atoms with van der Waals surface area (Å²) in [6, 6.07) is 5.76. The molecule has 0 radical (unpaired) electrons. The van der Waals surface area contributed by atoms with Crippen LogP contribution >= 0.6 is 11.3 Å². The van der Waals surface area contributed by atoms with E-state index in [2.05, 4.69) is 30.7 Å². The standard InChI is InChI=1S/C11H10N6S/c1-2-8(6-12-4-1)10-16-17-11(18-10)13-7-9-3-5-14-15-9/h1-6H,7H2,(H,13,17)(H,14,15). The predicted octanol–water partition coefficient (Wildman–Crippen LogP) is 1.94. The smallest absolute Gasteiger partial charge is 0.206 e. The van der Waals surface area contributed by atoms with Crippen LogP contribution in [0, 0.1) is 0 Å². The predicted molar refractivity (Wildman–Crippen MR) is 69.1 cm³/mol. The summed E-state index contributed by atoms with van der Waals surface area (Å²) in [5.41, 5.74) is 1.98. The second-order valence-corrected chi connectivity index (χ2v) is 4.57. The maximum Gasteiger partial charge on any atom is 0.206 e. The van der Waals surface area contributed by atoms with E-state index in [0.29, 0.717) is 6.54 Å². The zero-order valence-corrected chi connectivity index (χ0v) is 10.2. The summed E-state index contributed by atoms with van der Waals surface area (Å²) in [5, 5.41) is 19.8. The zero-order valence-electron chi connectivity index (χ0n) is 9.37. The highest BCUT2D eigenvalue weighted by atomic mass is 32.1. The van der Waals surface area contributed by atoms with E-state index in [1.54, 1.807) is 18.6 Å². The number of aromatic amines is 1. The molecule has 0 aromatic carbocycles. The molecule has 0 saturated carbocycles. The largest absolute Gasteiger partial charge is 0.354 e. The van der Waals surface area contributed by atoms with Gasteiger partial charge in [-0.2, -0.15) is 5.10 Å². The van der Waals surface area contributed by atoms with Crippen molar-refractivity contribution in [3.63, 3.8) is 0 Å². The van der Waals surface area contributed by atoms with Crippen LogP contribution in [-0.4, -0.2) is 25.4 Å². The lowest BCUT2D eigenvalue weighted by molar-refractivity contribution is 0.970. The first-order chi connectivity index (χ1) is 8.92. The van der Waals surface area contributed by atoms with Crippen LogP contribution in [0.5, 0.6) is 0 Å². The number of H-pyrrole nitrogens is 1. The third kappa shape index (κ3) is 2.35. The summed E-state index contributed by atoms with van der Waals surface area (Å²) in [5.74, 6) is 0. The molecule has 0 bridgehead atoms. The molecule has 0 atom stereocenters. The molecule has 3 aromatic rings. The van der Waals surface area contributed by atoms with Crippen molar-refractivity contribution >= 4 is 16.5 Å². The number of rotatable bonds is 4. The molecule has 0 amide bonds. The molecule has 0 fully saturated rings.